The van der Waals surface area contributed by atoms with E-state index >= 15 is 0 Å². The van der Waals surface area contributed by atoms with Crippen LogP contribution in [0.4, 0.5) is 10.2 Å². The van der Waals surface area contributed by atoms with Crippen molar-refractivity contribution in [1.82, 2.24) is 15.5 Å². The van der Waals surface area contributed by atoms with Crippen molar-refractivity contribution >= 4 is 11.9 Å². The summed E-state index contributed by atoms with van der Waals surface area (Å²) in [6.45, 7) is 1.89. The molecule has 120 valence electrons. The first-order chi connectivity index (χ1) is 11.3. The molecular weight excluding hydrogens is 291 g/mol. The molecule has 0 aliphatic carbocycles. The van der Waals surface area contributed by atoms with Gasteiger partial charge < -0.3 is 10.2 Å². The standard InChI is InChI=1S/C18H21FN4/c19-16-12-17(23(14-16)18-9-5-11-21-22-18)13-20-10-4-8-15-6-2-1-3-7-15/h1-9,11,16-17,20H,10,12-14H2/b8-4+/t16-,17-/m0/s1. The molecule has 1 aromatic carbocycles. The molecule has 1 aliphatic rings. The summed E-state index contributed by atoms with van der Waals surface area (Å²) in [5.74, 6) is 0.749. The molecule has 0 radical (unpaired) electrons. The van der Waals surface area contributed by atoms with Crippen LogP contribution in [-0.4, -0.2) is 42.0 Å². The van der Waals surface area contributed by atoms with Gasteiger partial charge in [-0.25, -0.2) is 4.39 Å². The number of anilines is 1. The van der Waals surface area contributed by atoms with E-state index in [-0.39, 0.29) is 6.04 Å². The molecular formula is C18H21FN4. The lowest BCUT2D eigenvalue weighted by atomic mass is 10.2. The lowest BCUT2D eigenvalue weighted by molar-refractivity contribution is 0.355. The van der Waals surface area contributed by atoms with E-state index in [1.807, 2.05) is 35.2 Å². The number of nitrogens with one attached hydrogen (secondary N) is 1. The molecule has 4 nitrogen and oxygen atoms in total. The first-order valence-electron chi connectivity index (χ1n) is 7.93. The van der Waals surface area contributed by atoms with Crippen LogP contribution in [-0.2, 0) is 0 Å². The second-order valence-corrected chi connectivity index (χ2v) is 5.69. The van der Waals surface area contributed by atoms with Gasteiger partial charge in [0.05, 0.1) is 6.54 Å². The largest absolute Gasteiger partial charge is 0.348 e. The number of rotatable bonds is 6. The number of hydrogen-bond acceptors (Lipinski definition) is 4. The molecule has 0 bridgehead atoms. The highest BCUT2D eigenvalue weighted by Gasteiger charge is 2.32. The van der Waals surface area contributed by atoms with Crippen molar-refractivity contribution in [3.63, 3.8) is 0 Å². The molecule has 1 saturated heterocycles. The predicted octanol–water partition coefficient (Wildman–Crippen LogP) is 2.70. The molecule has 0 saturated carbocycles. The summed E-state index contributed by atoms with van der Waals surface area (Å²) >= 11 is 0. The first-order valence-corrected chi connectivity index (χ1v) is 7.93. The van der Waals surface area contributed by atoms with Crippen LogP contribution in [0, 0.1) is 0 Å². The number of halogens is 1. The minimum atomic E-state index is -0.802. The summed E-state index contributed by atoms with van der Waals surface area (Å²) in [4.78, 5) is 2.01. The van der Waals surface area contributed by atoms with Crippen LogP contribution in [0.3, 0.4) is 0 Å². The van der Waals surface area contributed by atoms with Crippen LogP contribution in [0.25, 0.3) is 6.08 Å². The van der Waals surface area contributed by atoms with Gasteiger partial charge in [-0.2, -0.15) is 5.10 Å². The second-order valence-electron chi connectivity index (χ2n) is 5.69. The van der Waals surface area contributed by atoms with Crippen molar-refractivity contribution in [2.45, 2.75) is 18.6 Å². The smallest absolute Gasteiger partial charge is 0.151 e. The Hall–Kier alpha value is -2.27. The van der Waals surface area contributed by atoms with Gasteiger partial charge in [0.25, 0.3) is 0 Å². The molecule has 1 N–H and O–H groups in total. The lowest BCUT2D eigenvalue weighted by Crippen LogP contribution is -2.38. The Morgan fingerprint density at radius 2 is 2.09 bits per heavy atom. The summed E-state index contributed by atoms with van der Waals surface area (Å²) in [7, 11) is 0. The van der Waals surface area contributed by atoms with Crippen LogP contribution in [0.1, 0.15) is 12.0 Å². The van der Waals surface area contributed by atoms with E-state index in [1.54, 1.807) is 6.20 Å². The van der Waals surface area contributed by atoms with Gasteiger partial charge in [0, 0.05) is 31.7 Å². The van der Waals surface area contributed by atoms with Crippen LogP contribution in [0.2, 0.25) is 0 Å². The van der Waals surface area contributed by atoms with Crippen molar-refractivity contribution in [3.05, 3.63) is 60.3 Å². The van der Waals surface area contributed by atoms with Crippen molar-refractivity contribution < 1.29 is 4.39 Å². The van der Waals surface area contributed by atoms with E-state index in [9.17, 15) is 4.39 Å². The summed E-state index contributed by atoms with van der Waals surface area (Å²) in [5.41, 5.74) is 1.18. The van der Waals surface area contributed by atoms with Crippen molar-refractivity contribution in [3.8, 4) is 0 Å². The number of benzene rings is 1. The zero-order chi connectivity index (χ0) is 15.9. The van der Waals surface area contributed by atoms with Crippen LogP contribution < -0.4 is 10.2 Å². The van der Waals surface area contributed by atoms with Gasteiger partial charge in [-0.1, -0.05) is 42.5 Å². The maximum Gasteiger partial charge on any atom is 0.151 e. The monoisotopic (exact) mass is 312 g/mol. The normalized spacial score (nSPS) is 21.2. The maximum atomic E-state index is 13.8. The Morgan fingerprint density at radius 1 is 1.22 bits per heavy atom. The molecule has 2 aromatic rings. The van der Waals surface area contributed by atoms with E-state index in [0.29, 0.717) is 13.0 Å². The fourth-order valence-corrected chi connectivity index (χ4v) is 2.87. The fourth-order valence-electron chi connectivity index (χ4n) is 2.87. The van der Waals surface area contributed by atoms with Gasteiger partial charge in [0.1, 0.15) is 6.17 Å². The van der Waals surface area contributed by atoms with Crippen molar-refractivity contribution in [1.29, 1.82) is 0 Å². The van der Waals surface area contributed by atoms with Gasteiger partial charge in [-0.3, -0.25) is 0 Å². The molecule has 1 fully saturated rings. The van der Waals surface area contributed by atoms with Crippen molar-refractivity contribution in [2.75, 3.05) is 24.5 Å². The quantitative estimate of drug-likeness (QED) is 0.833. The van der Waals surface area contributed by atoms with Gasteiger partial charge >= 0.3 is 0 Å². The van der Waals surface area contributed by atoms with Gasteiger partial charge in [-0.05, 0) is 17.7 Å². The molecule has 2 heterocycles. The summed E-state index contributed by atoms with van der Waals surface area (Å²) in [6, 6.07) is 14.0. The van der Waals surface area contributed by atoms with Gasteiger partial charge in [0.15, 0.2) is 5.82 Å². The minimum absolute atomic E-state index is 0.117. The lowest BCUT2D eigenvalue weighted by Gasteiger charge is -2.24. The van der Waals surface area contributed by atoms with E-state index in [0.717, 1.165) is 18.9 Å². The molecule has 1 aromatic heterocycles. The highest BCUT2D eigenvalue weighted by atomic mass is 19.1. The van der Waals surface area contributed by atoms with Crippen molar-refractivity contribution in [2.24, 2.45) is 0 Å². The van der Waals surface area contributed by atoms with Crippen LogP contribution in [0.5, 0.6) is 0 Å². The first kappa shape index (κ1) is 15.6. The molecule has 5 heteroatoms. The maximum absolute atomic E-state index is 13.8. The van der Waals surface area contributed by atoms with E-state index in [2.05, 4.69) is 39.8 Å². The third-order valence-corrected chi connectivity index (χ3v) is 3.97. The van der Waals surface area contributed by atoms with Gasteiger partial charge in [-0.15, -0.1) is 5.10 Å². The fraction of sp³-hybridized carbons (Fsp3) is 0.333. The molecule has 1 aliphatic heterocycles. The summed E-state index contributed by atoms with van der Waals surface area (Å²) in [6.07, 6.45) is 5.54. The third-order valence-electron chi connectivity index (χ3n) is 3.97. The zero-order valence-corrected chi connectivity index (χ0v) is 13.0. The molecule has 0 amide bonds. The second kappa shape index (κ2) is 7.83. The minimum Gasteiger partial charge on any atom is -0.348 e. The average molecular weight is 312 g/mol. The molecule has 3 rings (SSSR count). The Labute approximate surface area is 136 Å². The highest BCUT2D eigenvalue weighted by Crippen LogP contribution is 2.24. The average Bonchev–Trinajstić information content (AvgIpc) is 2.97. The molecule has 2 atom stereocenters. The third kappa shape index (κ3) is 4.36. The zero-order valence-electron chi connectivity index (χ0n) is 13.0. The van der Waals surface area contributed by atoms with E-state index < -0.39 is 6.17 Å². The number of hydrogen-bond donors (Lipinski definition) is 1. The van der Waals surface area contributed by atoms with Crippen LogP contribution >= 0.6 is 0 Å². The summed E-state index contributed by atoms with van der Waals surface area (Å²) in [5, 5.41) is 11.4. The molecule has 0 unspecified atom stereocenters. The Balaban J connectivity index is 1.50. The Morgan fingerprint density at radius 3 is 2.87 bits per heavy atom. The number of alkyl halides is 1. The number of aromatic nitrogens is 2. The van der Waals surface area contributed by atoms with E-state index in [1.165, 1.54) is 5.56 Å². The Kier molecular flexibility index (Phi) is 5.32. The Bertz CT molecular complexity index is 617. The number of nitrogens with zero attached hydrogens (tertiary/aromatic N) is 3. The highest BCUT2D eigenvalue weighted by molar-refractivity contribution is 5.48. The summed E-state index contributed by atoms with van der Waals surface area (Å²) < 4.78 is 13.8. The molecule has 0 spiro atoms. The topological polar surface area (TPSA) is 41.0 Å². The van der Waals surface area contributed by atoms with Gasteiger partial charge in [0.2, 0.25) is 0 Å². The van der Waals surface area contributed by atoms with Crippen LogP contribution in [0.15, 0.2) is 54.7 Å². The SMILES string of the molecule is F[C@H]1C[C@@H](CNC/C=C/c2ccccc2)N(c2cccnn2)C1. The molecule has 23 heavy (non-hydrogen) atoms. The van der Waals surface area contributed by atoms with E-state index in [4.69, 9.17) is 0 Å². The predicted molar refractivity (Wildman–Crippen MR) is 91.0 cm³/mol.